The fourth-order valence-corrected chi connectivity index (χ4v) is 2.94. The molecule has 0 aliphatic rings. The van der Waals surface area contributed by atoms with Crippen LogP contribution < -0.4 is 5.32 Å². The van der Waals surface area contributed by atoms with Gasteiger partial charge in [0.05, 0.1) is 23.8 Å². The molecule has 26 heavy (non-hydrogen) atoms. The molecule has 7 nitrogen and oxygen atoms in total. The summed E-state index contributed by atoms with van der Waals surface area (Å²) in [6, 6.07) is 7.99. The third kappa shape index (κ3) is 3.16. The van der Waals surface area contributed by atoms with Crippen LogP contribution in [0.15, 0.2) is 49.1 Å². The zero-order chi connectivity index (χ0) is 18.1. The number of pyridine rings is 2. The number of fused-ring (bicyclic) bond motifs is 1. The molecule has 0 saturated carbocycles. The van der Waals surface area contributed by atoms with Gasteiger partial charge in [-0.05, 0) is 29.8 Å². The van der Waals surface area contributed by atoms with E-state index in [0.29, 0.717) is 6.61 Å². The van der Waals surface area contributed by atoms with Gasteiger partial charge in [-0.15, -0.1) is 0 Å². The van der Waals surface area contributed by atoms with E-state index in [-0.39, 0.29) is 0 Å². The van der Waals surface area contributed by atoms with Gasteiger partial charge in [-0.1, -0.05) is 0 Å². The molecule has 4 aromatic rings. The molecule has 132 valence electrons. The molecule has 0 unspecified atom stereocenters. The van der Waals surface area contributed by atoms with Gasteiger partial charge < -0.3 is 14.6 Å². The lowest BCUT2D eigenvalue weighted by molar-refractivity contribution is 0.185. The Morgan fingerprint density at radius 3 is 2.69 bits per heavy atom. The van der Waals surface area contributed by atoms with E-state index in [9.17, 15) is 0 Å². The molecule has 1 N–H and O–H groups in total. The minimum atomic E-state index is 0.582. The molecule has 0 saturated heterocycles. The second-order valence-corrected chi connectivity index (χ2v) is 6.26. The molecule has 7 heteroatoms. The Kier molecular flexibility index (Phi) is 4.14. The van der Waals surface area contributed by atoms with Gasteiger partial charge in [0, 0.05) is 50.9 Å². The SMILES string of the molecule is COCc1cc(Nc2ccc3ncc(-c4cnn(C)c4)cc3n2)n(C)c1. The number of hydrogen-bond donors (Lipinski definition) is 1. The quantitative estimate of drug-likeness (QED) is 0.599. The zero-order valence-electron chi connectivity index (χ0n) is 15.0. The minimum absolute atomic E-state index is 0.582. The number of anilines is 2. The van der Waals surface area contributed by atoms with Gasteiger partial charge in [0.1, 0.15) is 11.6 Å². The molecule has 0 spiro atoms. The van der Waals surface area contributed by atoms with E-state index in [1.165, 1.54) is 0 Å². The molecule has 0 fully saturated rings. The highest BCUT2D eigenvalue weighted by atomic mass is 16.5. The van der Waals surface area contributed by atoms with Crippen LogP contribution >= 0.6 is 0 Å². The third-order valence-corrected chi connectivity index (χ3v) is 4.20. The lowest BCUT2D eigenvalue weighted by Gasteiger charge is -2.08. The highest BCUT2D eigenvalue weighted by Crippen LogP contribution is 2.24. The van der Waals surface area contributed by atoms with Crippen LogP contribution in [-0.2, 0) is 25.4 Å². The first-order valence-electron chi connectivity index (χ1n) is 8.29. The standard InChI is InChI=1S/C19H20N6O/c1-24-10-13(12-26-3)6-19(24)23-18-5-4-16-17(22-18)7-14(8-20-16)15-9-21-25(2)11-15/h4-11H,12H2,1-3H3,(H,22,23). The van der Waals surface area contributed by atoms with E-state index in [4.69, 9.17) is 9.72 Å². The van der Waals surface area contributed by atoms with Crippen molar-refractivity contribution in [2.24, 2.45) is 14.1 Å². The van der Waals surface area contributed by atoms with Gasteiger partial charge in [-0.25, -0.2) is 4.98 Å². The second kappa shape index (κ2) is 6.61. The molecule has 0 bridgehead atoms. The number of ether oxygens (including phenoxy) is 1. The van der Waals surface area contributed by atoms with Crippen molar-refractivity contribution in [3.05, 3.63) is 54.6 Å². The monoisotopic (exact) mass is 348 g/mol. The fraction of sp³-hybridized carbons (Fsp3) is 0.211. The van der Waals surface area contributed by atoms with Crippen molar-refractivity contribution in [1.82, 2.24) is 24.3 Å². The first kappa shape index (κ1) is 16.3. The van der Waals surface area contributed by atoms with Crippen LogP contribution in [0.25, 0.3) is 22.2 Å². The smallest absolute Gasteiger partial charge is 0.132 e. The molecule has 4 aromatic heterocycles. The maximum absolute atomic E-state index is 5.19. The predicted octanol–water partition coefficient (Wildman–Crippen LogP) is 3.26. The summed E-state index contributed by atoms with van der Waals surface area (Å²) in [5.74, 6) is 1.73. The highest BCUT2D eigenvalue weighted by Gasteiger charge is 2.07. The molecule has 0 amide bonds. The summed E-state index contributed by atoms with van der Waals surface area (Å²) in [5, 5.41) is 7.58. The maximum Gasteiger partial charge on any atom is 0.132 e. The van der Waals surface area contributed by atoms with Gasteiger partial charge in [-0.3, -0.25) is 9.67 Å². The Morgan fingerprint density at radius 1 is 1.04 bits per heavy atom. The lowest BCUT2D eigenvalue weighted by atomic mass is 10.1. The molecule has 0 aliphatic carbocycles. The Hall–Kier alpha value is -3.19. The Bertz CT molecular complexity index is 1070. The summed E-state index contributed by atoms with van der Waals surface area (Å²) in [4.78, 5) is 9.23. The van der Waals surface area contributed by atoms with Crippen molar-refractivity contribution in [1.29, 1.82) is 0 Å². The fourth-order valence-electron chi connectivity index (χ4n) is 2.94. The van der Waals surface area contributed by atoms with Crippen LogP contribution in [-0.4, -0.2) is 31.4 Å². The number of hydrogen-bond acceptors (Lipinski definition) is 5. The number of nitrogens with one attached hydrogen (secondary N) is 1. The Balaban J connectivity index is 1.66. The highest BCUT2D eigenvalue weighted by molar-refractivity contribution is 5.81. The van der Waals surface area contributed by atoms with Crippen molar-refractivity contribution in [2.75, 3.05) is 12.4 Å². The number of aromatic nitrogens is 5. The van der Waals surface area contributed by atoms with Crippen molar-refractivity contribution < 1.29 is 4.74 Å². The predicted molar refractivity (Wildman–Crippen MR) is 101 cm³/mol. The lowest BCUT2D eigenvalue weighted by Crippen LogP contribution is -1.99. The molecule has 0 atom stereocenters. The first-order chi connectivity index (χ1) is 12.6. The van der Waals surface area contributed by atoms with E-state index in [0.717, 1.165) is 39.4 Å². The van der Waals surface area contributed by atoms with Gasteiger partial charge in [0.25, 0.3) is 0 Å². The molecule has 4 rings (SSSR count). The maximum atomic E-state index is 5.19. The van der Waals surface area contributed by atoms with Gasteiger partial charge in [0.15, 0.2) is 0 Å². The van der Waals surface area contributed by atoms with Crippen molar-refractivity contribution in [2.45, 2.75) is 6.61 Å². The van der Waals surface area contributed by atoms with Crippen molar-refractivity contribution >= 4 is 22.7 Å². The second-order valence-electron chi connectivity index (χ2n) is 6.26. The average Bonchev–Trinajstić information content (AvgIpc) is 3.21. The van der Waals surface area contributed by atoms with Gasteiger partial charge in [-0.2, -0.15) is 5.10 Å². The van der Waals surface area contributed by atoms with E-state index >= 15 is 0 Å². The molecule has 0 radical (unpaired) electrons. The van der Waals surface area contributed by atoms with Crippen molar-refractivity contribution in [3.63, 3.8) is 0 Å². The van der Waals surface area contributed by atoms with Crippen LogP contribution in [0.3, 0.4) is 0 Å². The average molecular weight is 348 g/mol. The first-order valence-corrected chi connectivity index (χ1v) is 8.29. The third-order valence-electron chi connectivity index (χ3n) is 4.20. The summed E-state index contributed by atoms with van der Waals surface area (Å²) < 4.78 is 8.98. The van der Waals surface area contributed by atoms with Crippen LogP contribution in [0.2, 0.25) is 0 Å². The van der Waals surface area contributed by atoms with E-state index in [1.54, 1.807) is 11.8 Å². The van der Waals surface area contributed by atoms with E-state index in [2.05, 4.69) is 21.5 Å². The van der Waals surface area contributed by atoms with E-state index in [1.807, 2.05) is 61.6 Å². The van der Waals surface area contributed by atoms with Crippen LogP contribution in [0, 0.1) is 0 Å². The Labute approximate surface area is 151 Å². The van der Waals surface area contributed by atoms with Crippen LogP contribution in [0.4, 0.5) is 11.6 Å². The largest absolute Gasteiger partial charge is 0.380 e. The summed E-state index contributed by atoms with van der Waals surface area (Å²) >= 11 is 0. The van der Waals surface area contributed by atoms with Crippen LogP contribution in [0.1, 0.15) is 5.56 Å². The molecular weight excluding hydrogens is 328 g/mol. The molecule has 0 aliphatic heterocycles. The Morgan fingerprint density at radius 2 is 1.92 bits per heavy atom. The molecular formula is C19H20N6O. The summed E-state index contributed by atoms with van der Waals surface area (Å²) in [6.45, 7) is 0.582. The van der Waals surface area contributed by atoms with Gasteiger partial charge in [0.2, 0.25) is 0 Å². The topological polar surface area (TPSA) is 69.8 Å². The van der Waals surface area contributed by atoms with Gasteiger partial charge >= 0.3 is 0 Å². The number of aryl methyl sites for hydroxylation is 2. The summed E-state index contributed by atoms with van der Waals surface area (Å²) in [7, 11) is 5.58. The number of rotatable bonds is 5. The van der Waals surface area contributed by atoms with Crippen LogP contribution in [0.5, 0.6) is 0 Å². The number of nitrogens with zero attached hydrogens (tertiary/aromatic N) is 5. The zero-order valence-corrected chi connectivity index (χ0v) is 15.0. The summed E-state index contributed by atoms with van der Waals surface area (Å²) in [6.07, 6.45) is 7.68. The van der Waals surface area contributed by atoms with Crippen molar-refractivity contribution in [3.8, 4) is 11.1 Å². The van der Waals surface area contributed by atoms with E-state index < -0.39 is 0 Å². The summed E-state index contributed by atoms with van der Waals surface area (Å²) in [5.41, 5.74) is 4.82. The number of methoxy groups -OCH3 is 1. The normalized spacial score (nSPS) is 11.2. The minimum Gasteiger partial charge on any atom is -0.380 e. The molecule has 4 heterocycles. The molecule has 0 aromatic carbocycles.